The molecular formula is C32H36N4O7. The molecule has 3 N–H and O–H groups in total. The summed E-state index contributed by atoms with van der Waals surface area (Å²) in [6.45, 7) is 5.20. The standard InChI is InChI=1S/C32H36N4O7/c1-18(2)26(33)31(42)43-17-36-25(37)12-11-24(30(36)41)35-16-23-20(5-4-6-22(23)29(35)40)15-34-28(39)27(38)19-7-9-21(10-8-19)32(3)13-14-32/h4-10,18,24,26H,11-17,33H2,1-3H3,(H,34,39)/t24?,26-/m1/s1. The highest BCUT2D eigenvalue weighted by Crippen LogP contribution is 2.47. The Bertz CT molecular complexity index is 1500. The fraction of sp³-hybridized carbons (Fsp3) is 0.438. The first-order chi connectivity index (χ1) is 20.4. The minimum absolute atomic E-state index is 0.00440. The van der Waals surface area contributed by atoms with Gasteiger partial charge in [-0.05, 0) is 53.4 Å². The molecule has 2 atom stereocenters. The van der Waals surface area contributed by atoms with Gasteiger partial charge in [0.2, 0.25) is 11.7 Å². The average molecular weight is 589 g/mol. The summed E-state index contributed by atoms with van der Waals surface area (Å²) in [5, 5.41) is 2.66. The summed E-state index contributed by atoms with van der Waals surface area (Å²) in [6, 6.07) is 10.4. The molecule has 1 saturated carbocycles. The molecule has 1 saturated heterocycles. The van der Waals surface area contributed by atoms with Gasteiger partial charge in [0.15, 0.2) is 6.73 Å². The lowest BCUT2D eigenvalue weighted by atomic mass is 9.96. The van der Waals surface area contributed by atoms with Crippen molar-refractivity contribution in [1.29, 1.82) is 0 Å². The zero-order chi connectivity index (χ0) is 31.1. The predicted octanol–water partition coefficient (Wildman–Crippen LogP) is 2.19. The lowest BCUT2D eigenvalue weighted by Crippen LogP contribution is -2.55. The smallest absolute Gasteiger partial charge is 0.324 e. The molecule has 0 bridgehead atoms. The third kappa shape index (κ3) is 5.94. The molecule has 11 heteroatoms. The van der Waals surface area contributed by atoms with Crippen molar-refractivity contribution in [3.63, 3.8) is 0 Å². The fourth-order valence-corrected chi connectivity index (χ4v) is 5.47. The van der Waals surface area contributed by atoms with Gasteiger partial charge in [0.05, 0.1) is 0 Å². The molecule has 0 spiro atoms. The van der Waals surface area contributed by atoms with Crippen molar-refractivity contribution in [3.05, 3.63) is 70.3 Å². The number of imide groups is 1. The fourth-order valence-electron chi connectivity index (χ4n) is 5.47. The van der Waals surface area contributed by atoms with Crippen LogP contribution < -0.4 is 11.1 Å². The minimum Gasteiger partial charge on any atom is -0.443 e. The number of likely N-dealkylation sites (tertiary alicyclic amines) is 1. The number of piperidine rings is 1. The third-order valence-corrected chi connectivity index (χ3v) is 8.77. The van der Waals surface area contributed by atoms with Crippen LogP contribution in [0.3, 0.4) is 0 Å². The normalized spacial score (nSPS) is 19.7. The average Bonchev–Trinajstić information content (AvgIpc) is 3.67. The molecule has 2 aromatic carbocycles. The van der Waals surface area contributed by atoms with Crippen molar-refractivity contribution in [2.45, 2.75) is 77.0 Å². The number of esters is 1. The summed E-state index contributed by atoms with van der Waals surface area (Å²) in [7, 11) is 0. The van der Waals surface area contributed by atoms with Crippen LogP contribution in [0.5, 0.6) is 0 Å². The number of ketones is 1. The third-order valence-electron chi connectivity index (χ3n) is 8.77. The second kappa shape index (κ2) is 11.7. The first kappa shape index (κ1) is 30.1. The summed E-state index contributed by atoms with van der Waals surface area (Å²) >= 11 is 0. The summed E-state index contributed by atoms with van der Waals surface area (Å²) in [5.74, 6) is -3.83. The van der Waals surface area contributed by atoms with E-state index in [0.717, 1.165) is 23.3 Å². The van der Waals surface area contributed by atoms with Gasteiger partial charge < -0.3 is 20.7 Å². The zero-order valence-electron chi connectivity index (χ0n) is 24.6. The number of hydrogen-bond donors (Lipinski definition) is 2. The van der Waals surface area contributed by atoms with Gasteiger partial charge in [-0.25, -0.2) is 4.90 Å². The molecule has 11 nitrogen and oxygen atoms in total. The van der Waals surface area contributed by atoms with Crippen LogP contribution >= 0.6 is 0 Å². The minimum atomic E-state index is -0.931. The van der Waals surface area contributed by atoms with Crippen LogP contribution in [0.15, 0.2) is 42.5 Å². The van der Waals surface area contributed by atoms with E-state index < -0.39 is 48.3 Å². The van der Waals surface area contributed by atoms with E-state index >= 15 is 0 Å². The lowest BCUT2D eigenvalue weighted by molar-refractivity contribution is -0.165. The number of benzene rings is 2. The summed E-state index contributed by atoms with van der Waals surface area (Å²) in [4.78, 5) is 79.1. The number of fused-ring (bicyclic) bond motifs is 1. The molecule has 3 aliphatic rings. The van der Waals surface area contributed by atoms with Crippen LogP contribution in [0, 0.1) is 5.92 Å². The first-order valence-electron chi connectivity index (χ1n) is 14.5. The number of Topliss-reactive ketones (excluding diaryl/α,β-unsaturated/α-hetero) is 1. The van der Waals surface area contributed by atoms with E-state index in [1.165, 1.54) is 4.90 Å². The number of rotatable bonds is 10. The number of ether oxygens (including phenoxy) is 1. The van der Waals surface area contributed by atoms with Crippen LogP contribution in [-0.2, 0) is 42.4 Å². The van der Waals surface area contributed by atoms with Crippen LogP contribution in [-0.4, -0.2) is 64.0 Å². The number of carbonyl (C=O) groups is 6. The van der Waals surface area contributed by atoms with E-state index in [1.54, 1.807) is 44.2 Å². The van der Waals surface area contributed by atoms with Gasteiger partial charge in [-0.15, -0.1) is 0 Å². The molecule has 5 rings (SSSR count). The topological polar surface area (TPSA) is 156 Å². The maximum Gasteiger partial charge on any atom is 0.324 e. The van der Waals surface area contributed by atoms with Crippen molar-refractivity contribution in [1.82, 2.24) is 15.1 Å². The van der Waals surface area contributed by atoms with Gasteiger partial charge in [0.1, 0.15) is 12.1 Å². The monoisotopic (exact) mass is 588 g/mol. The first-order valence-corrected chi connectivity index (χ1v) is 14.5. The maximum atomic E-state index is 13.4. The lowest BCUT2D eigenvalue weighted by Gasteiger charge is -2.35. The molecule has 43 heavy (non-hydrogen) atoms. The summed E-state index contributed by atoms with van der Waals surface area (Å²) in [5.41, 5.74) is 9.07. The molecular weight excluding hydrogens is 552 g/mol. The number of nitrogens with one attached hydrogen (secondary N) is 1. The van der Waals surface area contributed by atoms with E-state index in [1.807, 2.05) is 12.1 Å². The van der Waals surface area contributed by atoms with Crippen molar-refractivity contribution in [2.75, 3.05) is 6.73 Å². The molecule has 4 amide bonds. The van der Waals surface area contributed by atoms with Crippen molar-refractivity contribution >= 4 is 35.4 Å². The second-order valence-electron chi connectivity index (χ2n) is 12.1. The van der Waals surface area contributed by atoms with Crippen LogP contribution in [0.4, 0.5) is 0 Å². The van der Waals surface area contributed by atoms with Gasteiger partial charge in [-0.1, -0.05) is 57.2 Å². The van der Waals surface area contributed by atoms with Gasteiger partial charge in [-0.2, -0.15) is 0 Å². The van der Waals surface area contributed by atoms with E-state index in [9.17, 15) is 28.8 Å². The van der Waals surface area contributed by atoms with Gasteiger partial charge in [-0.3, -0.25) is 28.8 Å². The SMILES string of the molecule is CC(C)[C@@H](N)C(=O)OCN1C(=O)CCC(N2Cc3c(CNC(=O)C(=O)c4ccc(C5(C)CC5)cc4)cccc3C2=O)C1=O. The van der Waals surface area contributed by atoms with Crippen LogP contribution in [0.1, 0.15) is 83.9 Å². The number of nitrogens with two attached hydrogens (primary N) is 1. The molecule has 2 aliphatic heterocycles. The van der Waals surface area contributed by atoms with E-state index in [4.69, 9.17) is 10.5 Å². The van der Waals surface area contributed by atoms with Crippen molar-refractivity contribution in [3.8, 4) is 0 Å². The van der Waals surface area contributed by atoms with Gasteiger partial charge in [0.25, 0.3) is 17.7 Å². The van der Waals surface area contributed by atoms with Gasteiger partial charge in [0, 0.05) is 30.6 Å². The molecule has 0 radical (unpaired) electrons. The Morgan fingerprint density at radius 3 is 2.42 bits per heavy atom. The van der Waals surface area contributed by atoms with Gasteiger partial charge >= 0.3 is 5.97 Å². The highest BCUT2D eigenvalue weighted by molar-refractivity contribution is 6.42. The summed E-state index contributed by atoms with van der Waals surface area (Å²) < 4.78 is 5.14. The Labute approximate surface area is 249 Å². The Morgan fingerprint density at radius 2 is 1.77 bits per heavy atom. The molecule has 226 valence electrons. The molecule has 1 unspecified atom stereocenters. The van der Waals surface area contributed by atoms with E-state index in [-0.39, 0.29) is 43.2 Å². The Balaban J connectivity index is 1.23. The molecule has 0 aromatic heterocycles. The summed E-state index contributed by atoms with van der Waals surface area (Å²) in [6.07, 6.45) is 2.34. The van der Waals surface area contributed by atoms with E-state index in [0.29, 0.717) is 22.3 Å². The van der Waals surface area contributed by atoms with Crippen molar-refractivity contribution in [2.24, 2.45) is 11.7 Å². The number of carbonyl (C=O) groups excluding carboxylic acids is 6. The van der Waals surface area contributed by atoms with Crippen molar-refractivity contribution < 1.29 is 33.5 Å². The number of hydrogen-bond acceptors (Lipinski definition) is 8. The Kier molecular flexibility index (Phi) is 8.20. The van der Waals surface area contributed by atoms with Crippen LogP contribution in [0.2, 0.25) is 0 Å². The highest BCUT2D eigenvalue weighted by Gasteiger charge is 2.44. The van der Waals surface area contributed by atoms with E-state index in [2.05, 4.69) is 12.2 Å². The molecule has 2 fully saturated rings. The number of nitrogens with zero attached hydrogens (tertiary/aromatic N) is 2. The quantitative estimate of drug-likeness (QED) is 0.185. The Hall–Kier alpha value is -4.38. The second-order valence-corrected chi connectivity index (χ2v) is 12.1. The molecule has 2 heterocycles. The zero-order valence-corrected chi connectivity index (χ0v) is 24.6. The van der Waals surface area contributed by atoms with Crippen LogP contribution in [0.25, 0.3) is 0 Å². The number of amides is 4. The Morgan fingerprint density at radius 1 is 1.07 bits per heavy atom. The predicted molar refractivity (Wildman–Crippen MR) is 154 cm³/mol. The largest absolute Gasteiger partial charge is 0.443 e. The maximum absolute atomic E-state index is 13.4. The molecule has 2 aromatic rings. The highest BCUT2D eigenvalue weighted by atomic mass is 16.5. The molecule has 1 aliphatic carbocycles.